The van der Waals surface area contributed by atoms with Gasteiger partial charge in [0.05, 0.1) is 19.4 Å². The normalized spacial score (nSPS) is 11.1. The van der Waals surface area contributed by atoms with Crippen LogP contribution in [-0.4, -0.2) is 27.3 Å². The van der Waals surface area contributed by atoms with Crippen LogP contribution in [0.4, 0.5) is 4.39 Å². The van der Waals surface area contributed by atoms with Crippen molar-refractivity contribution in [3.63, 3.8) is 0 Å². The molecule has 0 atom stereocenters. The van der Waals surface area contributed by atoms with Gasteiger partial charge in [0.25, 0.3) is 0 Å². The molecule has 2 N–H and O–H groups in total. The number of aliphatic imine (C=N–C) groups is 1. The molecule has 0 aliphatic carbocycles. The SMILES string of the molecule is CCc1nncn1CCNC(=NCc1ccc(F)cc1)NCc1ccco1.I. The molecular weight excluding hydrogens is 474 g/mol. The molecule has 0 radical (unpaired) electrons. The summed E-state index contributed by atoms with van der Waals surface area (Å²) in [5.41, 5.74) is 0.933. The number of nitrogens with zero attached hydrogens (tertiary/aromatic N) is 4. The first kappa shape index (κ1) is 21.9. The molecule has 0 unspecified atom stereocenters. The van der Waals surface area contributed by atoms with Crippen LogP contribution >= 0.6 is 24.0 Å². The Balaban J connectivity index is 0.00000280. The molecule has 0 aliphatic rings. The first-order valence-corrected chi connectivity index (χ1v) is 8.90. The lowest BCUT2D eigenvalue weighted by atomic mass is 10.2. The molecule has 3 rings (SSSR count). The Bertz CT molecular complexity index is 848. The van der Waals surface area contributed by atoms with E-state index >= 15 is 0 Å². The molecule has 0 saturated carbocycles. The van der Waals surface area contributed by atoms with E-state index in [2.05, 4.69) is 32.7 Å². The number of furan rings is 1. The monoisotopic (exact) mass is 498 g/mol. The Morgan fingerprint density at radius 1 is 1.21 bits per heavy atom. The van der Waals surface area contributed by atoms with Gasteiger partial charge in [-0.2, -0.15) is 0 Å². The highest BCUT2D eigenvalue weighted by Gasteiger charge is 2.04. The van der Waals surface area contributed by atoms with Gasteiger partial charge in [-0.15, -0.1) is 34.2 Å². The average Bonchev–Trinajstić information content (AvgIpc) is 3.36. The van der Waals surface area contributed by atoms with Crippen molar-refractivity contribution in [3.8, 4) is 0 Å². The van der Waals surface area contributed by atoms with Crippen LogP contribution in [0.15, 0.2) is 58.4 Å². The summed E-state index contributed by atoms with van der Waals surface area (Å²) in [4.78, 5) is 4.57. The van der Waals surface area contributed by atoms with E-state index in [1.165, 1.54) is 12.1 Å². The summed E-state index contributed by atoms with van der Waals surface area (Å²) in [6, 6.07) is 10.1. The quantitative estimate of drug-likeness (QED) is 0.284. The lowest BCUT2D eigenvalue weighted by Crippen LogP contribution is -2.38. The highest BCUT2D eigenvalue weighted by atomic mass is 127. The van der Waals surface area contributed by atoms with Gasteiger partial charge in [-0.3, -0.25) is 0 Å². The van der Waals surface area contributed by atoms with E-state index in [1.807, 2.05) is 16.7 Å². The van der Waals surface area contributed by atoms with Gasteiger partial charge in [-0.1, -0.05) is 19.1 Å². The van der Waals surface area contributed by atoms with Gasteiger partial charge in [0, 0.05) is 19.5 Å². The third-order valence-electron chi connectivity index (χ3n) is 4.00. The summed E-state index contributed by atoms with van der Waals surface area (Å²) in [7, 11) is 0. The Kier molecular flexibility index (Phi) is 8.92. The minimum absolute atomic E-state index is 0. The lowest BCUT2D eigenvalue weighted by molar-refractivity contribution is 0.501. The van der Waals surface area contributed by atoms with Crippen molar-refractivity contribution >= 4 is 29.9 Å². The summed E-state index contributed by atoms with van der Waals surface area (Å²) in [6.07, 6.45) is 4.20. The van der Waals surface area contributed by atoms with Crippen molar-refractivity contribution in [1.29, 1.82) is 0 Å². The molecule has 2 heterocycles. The summed E-state index contributed by atoms with van der Waals surface area (Å²) in [5.74, 6) is 2.17. The molecule has 28 heavy (non-hydrogen) atoms. The number of nitrogens with one attached hydrogen (secondary N) is 2. The minimum atomic E-state index is -0.252. The van der Waals surface area contributed by atoms with Crippen LogP contribution in [0.1, 0.15) is 24.1 Å². The van der Waals surface area contributed by atoms with Crippen LogP contribution < -0.4 is 10.6 Å². The number of aromatic nitrogens is 3. The Morgan fingerprint density at radius 3 is 2.75 bits per heavy atom. The highest BCUT2D eigenvalue weighted by molar-refractivity contribution is 14.0. The molecule has 0 amide bonds. The number of hydrogen-bond acceptors (Lipinski definition) is 4. The molecular formula is C19H24FIN6O. The number of guanidine groups is 1. The molecule has 150 valence electrons. The molecule has 0 saturated heterocycles. The second-order valence-electron chi connectivity index (χ2n) is 5.95. The van der Waals surface area contributed by atoms with Crippen molar-refractivity contribution in [2.75, 3.05) is 6.54 Å². The number of halogens is 2. The zero-order valence-corrected chi connectivity index (χ0v) is 18.0. The number of benzene rings is 1. The molecule has 0 aliphatic heterocycles. The van der Waals surface area contributed by atoms with Crippen LogP contribution in [0, 0.1) is 5.82 Å². The van der Waals surface area contributed by atoms with Crippen molar-refractivity contribution in [2.45, 2.75) is 33.0 Å². The maximum atomic E-state index is 13.0. The fraction of sp³-hybridized carbons (Fsp3) is 0.316. The van der Waals surface area contributed by atoms with E-state index in [1.54, 1.807) is 24.7 Å². The van der Waals surface area contributed by atoms with E-state index in [4.69, 9.17) is 4.42 Å². The van der Waals surface area contributed by atoms with Gasteiger partial charge in [0.15, 0.2) is 5.96 Å². The van der Waals surface area contributed by atoms with Crippen molar-refractivity contribution < 1.29 is 8.81 Å². The van der Waals surface area contributed by atoms with E-state index < -0.39 is 0 Å². The third kappa shape index (κ3) is 6.63. The average molecular weight is 498 g/mol. The molecule has 0 fully saturated rings. The van der Waals surface area contributed by atoms with Gasteiger partial charge in [-0.25, -0.2) is 9.38 Å². The maximum absolute atomic E-state index is 13.0. The topological polar surface area (TPSA) is 80.3 Å². The standard InChI is InChI=1S/C19H23FN6O.HI/c1-2-18-25-24-14-26(18)10-9-21-19(23-13-17-4-3-11-27-17)22-12-15-5-7-16(20)8-6-15;/h3-8,11,14H,2,9-10,12-13H2,1H3,(H2,21,22,23);1H. The molecule has 9 heteroatoms. The second kappa shape index (κ2) is 11.4. The molecule has 7 nitrogen and oxygen atoms in total. The largest absolute Gasteiger partial charge is 0.467 e. The van der Waals surface area contributed by atoms with Gasteiger partial charge < -0.3 is 19.6 Å². The van der Waals surface area contributed by atoms with E-state index in [0.717, 1.165) is 30.1 Å². The Morgan fingerprint density at radius 2 is 2.04 bits per heavy atom. The minimum Gasteiger partial charge on any atom is -0.467 e. The molecule has 3 aromatic rings. The van der Waals surface area contributed by atoms with E-state index in [9.17, 15) is 4.39 Å². The Hall–Kier alpha value is -2.43. The second-order valence-corrected chi connectivity index (χ2v) is 5.95. The highest BCUT2D eigenvalue weighted by Crippen LogP contribution is 2.04. The number of aryl methyl sites for hydroxylation is 1. The smallest absolute Gasteiger partial charge is 0.192 e. The molecule has 1 aromatic carbocycles. The first-order valence-electron chi connectivity index (χ1n) is 8.90. The summed E-state index contributed by atoms with van der Waals surface area (Å²) in [6.45, 7) is 4.41. The van der Waals surface area contributed by atoms with Gasteiger partial charge in [0.1, 0.15) is 23.7 Å². The van der Waals surface area contributed by atoms with Crippen molar-refractivity contribution in [3.05, 3.63) is 72.0 Å². The fourth-order valence-corrected chi connectivity index (χ4v) is 2.55. The summed E-state index contributed by atoms with van der Waals surface area (Å²) >= 11 is 0. The summed E-state index contributed by atoms with van der Waals surface area (Å²) < 4.78 is 20.4. The van der Waals surface area contributed by atoms with Crippen LogP contribution in [0.2, 0.25) is 0 Å². The number of hydrogen-bond donors (Lipinski definition) is 2. The lowest BCUT2D eigenvalue weighted by Gasteiger charge is -2.13. The predicted molar refractivity (Wildman–Crippen MR) is 116 cm³/mol. The van der Waals surface area contributed by atoms with Crippen molar-refractivity contribution in [1.82, 2.24) is 25.4 Å². The maximum Gasteiger partial charge on any atom is 0.192 e. The predicted octanol–water partition coefficient (Wildman–Crippen LogP) is 3.13. The van der Waals surface area contributed by atoms with Crippen LogP contribution in [-0.2, 0) is 26.1 Å². The molecule has 0 bridgehead atoms. The zero-order valence-electron chi connectivity index (χ0n) is 15.6. The van der Waals surface area contributed by atoms with E-state index in [-0.39, 0.29) is 29.8 Å². The van der Waals surface area contributed by atoms with Crippen LogP contribution in [0.5, 0.6) is 0 Å². The summed E-state index contributed by atoms with van der Waals surface area (Å²) in [5, 5.41) is 14.6. The van der Waals surface area contributed by atoms with Gasteiger partial charge in [-0.05, 0) is 29.8 Å². The van der Waals surface area contributed by atoms with Gasteiger partial charge in [0.2, 0.25) is 0 Å². The van der Waals surface area contributed by atoms with Crippen LogP contribution in [0.3, 0.4) is 0 Å². The Labute approximate surface area is 180 Å². The zero-order chi connectivity index (χ0) is 18.9. The van der Waals surface area contributed by atoms with Crippen LogP contribution in [0.25, 0.3) is 0 Å². The molecule has 0 spiro atoms. The number of rotatable bonds is 8. The van der Waals surface area contributed by atoms with E-state index in [0.29, 0.717) is 25.6 Å². The fourth-order valence-electron chi connectivity index (χ4n) is 2.55. The van der Waals surface area contributed by atoms with Crippen molar-refractivity contribution in [2.24, 2.45) is 4.99 Å². The van der Waals surface area contributed by atoms with Gasteiger partial charge >= 0.3 is 0 Å². The first-order chi connectivity index (χ1) is 13.2. The third-order valence-corrected chi connectivity index (χ3v) is 4.00. The molecule has 2 aromatic heterocycles.